The van der Waals surface area contributed by atoms with Gasteiger partial charge in [0.05, 0.1) is 38.1 Å². The molecule has 2 aromatic rings. The predicted octanol–water partition coefficient (Wildman–Crippen LogP) is 5.49. The molecule has 4 N–H and O–H groups in total. The van der Waals surface area contributed by atoms with E-state index >= 15 is 0 Å². The lowest BCUT2D eigenvalue weighted by atomic mass is 9.55. The van der Waals surface area contributed by atoms with Gasteiger partial charge >= 0.3 is 6.09 Å². The molecule has 4 aliphatic rings. The van der Waals surface area contributed by atoms with Crippen LogP contribution in [0.25, 0.3) is 0 Å². The molecule has 13 heteroatoms. The first kappa shape index (κ1) is 42.3. The number of amides is 2. The van der Waals surface area contributed by atoms with E-state index in [1.807, 2.05) is 47.4 Å². The van der Waals surface area contributed by atoms with Crippen molar-refractivity contribution in [2.24, 2.45) is 28.8 Å². The van der Waals surface area contributed by atoms with Gasteiger partial charge in [-0.05, 0) is 79.7 Å². The predicted molar refractivity (Wildman–Crippen MR) is 214 cm³/mol. The molecular formula is C44H59N3O10. The number of aliphatic hydroxyl groups excluding tert-OH is 3. The van der Waals surface area contributed by atoms with Crippen LogP contribution in [0, 0.1) is 23.7 Å². The van der Waals surface area contributed by atoms with Crippen molar-refractivity contribution >= 4 is 17.7 Å². The van der Waals surface area contributed by atoms with Crippen LogP contribution in [0.1, 0.15) is 74.8 Å². The summed E-state index contributed by atoms with van der Waals surface area (Å²) in [5.74, 6) is -1.28. The topological polar surface area (TPSA) is 169 Å². The lowest BCUT2D eigenvalue weighted by Gasteiger charge is -2.60. The number of rotatable bonds is 22. The van der Waals surface area contributed by atoms with Gasteiger partial charge < -0.3 is 49.3 Å². The van der Waals surface area contributed by atoms with Crippen LogP contribution in [0.2, 0.25) is 0 Å². The number of nitrogens with one attached hydrogen (secondary N) is 1. The molecule has 0 radical (unpaired) electrons. The molecule has 3 aliphatic carbocycles. The molecule has 0 saturated heterocycles. The minimum atomic E-state index is -1.40. The molecule has 0 spiro atoms. The third-order valence-corrected chi connectivity index (χ3v) is 11.6. The highest BCUT2D eigenvalue weighted by Crippen LogP contribution is 2.62. The van der Waals surface area contributed by atoms with Gasteiger partial charge in [0.2, 0.25) is 11.7 Å². The molecule has 1 aliphatic heterocycles. The van der Waals surface area contributed by atoms with Crippen LogP contribution < -0.4 is 14.8 Å². The van der Waals surface area contributed by atoms with Crippen LogP contribution in [0.15, 0.2) is 78.0 Å². The van der Waals surface area contributed by atoms with E-state index < -0.39 is 23.8 Å². The van der Waals surface area contributed by atoms with Crippen LogP contribution in [-0.4, -0.2) is 103 Å². The van der Waals surface area contributed by atoms with Gasteiger partial charge in [-0.15, -0.1) is 6.58 Å². The fraction of sp³-hybridized carbons (Fsp3) is 0.568. The average molecular weight is 790 g/mol. The van der Waals surface area contributed by atoms with Crippen molar-refractivity contribution in [2.75, 3.05) is 53.3 Å². The van der Waals surface area contributed by atoms with Crippen LogP contribution in [0.3, 0.4) is 0 Å². The Kier molecular flexibility index (Phi) is 15.2. The van der Waals surface area contributed by atoms with E-state index in [0.717, 1.165) is 55.2 Å². The highest BCUT2D eigenvalue weighted by atomic mass is 16.7. The number of nitrogens with zero attached hydrogens (tertiary/aromatic N) is 2. The maximum atomic E-state index is 14.3. The molecule has 2 fully saturated rings. The van der Waals surface area contributed by atoms with E-state index in [9.17, 15) is 24.9 Å². The summed E-state index contributed by atoms with van der Waals surface area (Å²) in [4.78, 5) is 34.9. The number of unbranched alkanes of at least 4 members (excludes halogenated alkanes) is 2. The maximum Gasteiger partial charge on any atom is 0.412 e. The van der Waals surface area contributed by atoms with Gasteiger partial charge in [0.25, 0.3) is 0 Å². The zero-order valence-electron chi connectivity index (χ0n) is 33.1. The summed E-state index contributed by atoms with van der Waals surface area (Å²) >= 11 is 0. The summed E-state index contributed by atoms with van der Waals surface area (Å²) in [5, 5.41) is 36.6. The number of carbonyl (C=O) groups excluding carboxylic acids is 2. The van der Waals surface area contributed by atoms with E-state index in [2.05, 4.69) is 23.1 Å². The van der Waals surface area contributed by atoms with Gasteiger partial charge in [-0.25, -0.2) is 4.79 Å². The molecule has 6 atom stereocenters. The fourth-order valence-corrected chi connectivity index (χ4v) is 9.05. The zero-order valence-corrected chi connectivity index (χ0v) is 33.1. The first-order chi connectivity index (χ1) is 27.9. The number of oxime groups is 1. The number of hydrogen-bond donors (Lipinski definition) is 4. The largest absolute Gasteiger partial charge is 0.459 e. The van der Waals surface area contributed by atoms with Gasteiger partial charge in [-0.3, -0.25) is 4.79 Å². The molecule has 1 heterocycles. The second-order valence-electron chi connectivity index (χ2n) is 15.3. The van der Waals surface area contributed by atoms with Crippen molar-refractivity contribution in [3.05, 3.63) is 84.0 Å². The zero-order chi connectivity index (χ0) is 40.2. The summed E-state index contributed by atoms with van der Waals surface area (Å²) in [6, 6.07) is 14.4. The van der Waals surface area contributed by atoms with Crippen molar-refractivity contribution in [3.63, 3.8) is 0 Å². The first-order valence-corrected chi connectivity index (χ1v) is 20.5. The van der Waals surface area contributed by atoms with Gasteiger partial charge in [0.1, 0.15) is 24.7 Å². The maximum absolute atomic E-state index is 14.3. The third kappa shape index (κ3) is 9.89. The Morgan fingerprint density at radius 3 is 2.49 bits per heavy atom. The van der Waals surface area contributed by atoms with Crippen molar-refractivity contribution in [2.45, 2.75) is 82.1 Å². The molecule has 6 unspecified atom stereocenters. The fourth-order valence-electron chi connectivity index (χ4n) is 9.05. The lowest BCUT2D eigenvalue weighted by Crippen LogP contribution is -2.70. The van der Waals surface area contributed by atoms with Gasteiger partial charge in [0.15, 0.2) is 0 Å². The second kappa shape index (κ2) is 20.4. The number of ether oxygens (including phenoxy) is 4. The van der Waals surface area contributed by atoms with Crippen molar-refractivity contribution in [1.29, 1.82) is 0 Å². The summed E-state index contributed by atoms with van der Waals surface area (Å²) in [7, 11) is 1.52. The Bertz CT molecular complexity index is 1710. The Hall–Kier alpha value is -4.27. The smallest absolute Gasteiger partial charge is 0.412 e. The van der Waals surface area contributed by atoms with Gasteiger partial charge in [0, 0.05) is 50.1 Å². The molecule has 2 amide bonds. The summed E-state index contributed by atoms with van der Waals surface area (Å²) < 4.78 is 25.8. The quantitative estimate of drug-likeness (QED) is 0.0681. The summed E-state index contributed by atoms with van der Waals surface area (Å²) in [6.07, 6.45) is 9.72. The highest BCUT2D eigenvalue weighted by Gasteiger charge is 2.65. The molecule has 6 rings (SSSR count). The molecule has 13 nitrogen and oxygen atoms in total. The molecular weight excluding hydrogens is 730 g/mol. The van der Waals surface area contributed by atoms with E-state index in [-0.39, 0.29) is 82.2 Å². The SMILES string of the molecule is C=CCOC12Oc3ccc(OC(=O)NCc4ccccc4)cc3C3C(CCCCO)C(CCCCO)C=C(C(=NOC)CC1N(CCOCCO)C(=O)C1CC1)C32. The van der Waals surface area contributed by atoms with E-state index in [0.29, 0.717) is 36.6 Å². The van der Waals surface area contributed by atoms with Crippen molar-refractivity contribution in [3.8, 4) is 11.5 Å². The number of carbonyl (C=O) groups is 2. The number of allylic oxidation sites excluding steroid dienone is 1. The molecule has 310 valence electrons. The summed E-state index contributed by atoms with van der Waals surface area (Å²) in [6.45, 7) is 5.08. The lowest BCUT2D eigenvalue weighted by molar-refractivity contribution is -0.258. The second-order valence-corrected chi connectivity index (χ2v) is 15.3. The third-order valence-electron chi connectivity index (χ3n) is 11.6. The minimum Gasteiger partial charge on any atom is -0.459 e. The monoisotopic (exact) mass is 789 g/mol. The van der Waals surface area contributed by atoms with Crippen molar-refractivity contribution in [1.82, 2.24) is 10.2 Å². The Morgan fingerprint density at radius 2 is 1.79 bits per heavy atom. The molecule has 57 heavy (non-hydrogen) atoms. The first-order valence-electron chi connectivity index (χ1n) is 20.5. The molecule has 0 aromatic heterocycles. The van der Waals surface area contributed by atoms with E-state index in [1.54, 1.807) is 12.1 Å². The van der Waals surface area contributed by atoms with Gasteiger partial charge in [-0.1, -0.05) is 60.5 Å². The van der Waals surface area contributed by atoms with E-state index in [1.165, 1.54) is 7.11 Å². The number of benzene rings is 2. The Morgan fingerprint density at radius 1 is 1.02 bits per heavy atom. The standard InChI is InChI=1S/C44H59N3O10/c1-3-23-55-44-39(47(19-24-54-25-22-50)42(51)31-15-16-31)28-37(46-53-2)35-26-32(13-7-9-20-48)34(14-8-10-21-49)40(41(35)44)36-27-33(17-18-38(36)57-44)56-43(52)45-29-30-11-5-4-6-12-30/h3-6,11-12,17-18,26-27,31-32,34,39-41,48-50H,1,7-10,13-16,19-25,28-29H2,2H3,(H,45,52). The summed E-state index contributed by atoms with van der Waals surface area (Å²) in [5.41, 5.74) is 3.41. The van der Waals surface area contributed by atoms with Crippen molar-refractivity contribution < 1.29 is 48.7 Å². The van der Waals surface area contributed by atoms with Crippen LogP contribution in [0.4, 0.5) is 4.79 Å². The Labute approximate surface area is 335 Å². The normalized spacial score (nSPS) is 25.4. The van der Waals surface area contributed by atoms with Crippen LogP contribution in [0.5, 0.6) is 11.5 Å². The number of hydrogen-bond acceptors (Lipinski definition) is 11. The average Bonchev–Trinajstić information content (AvgIpc) is 4.08. The minimum absolute atomic E-state index is 0.00762. The molecule has 0 bridgehead atoms. The van der Waals surface area contributed by atoms with Crippen LogP contribution in [-0.2, 0) is 25.7 Å². The highest BCUT2D eigenvalue weighted by molar-refractivity contribution is 6.03. The van der Waals surface area contributed by atoms with Gasteiger partial charge in [-0.2, -0.15) is 0 Å². The molecule has 2 saturated carbocycles. The Balaban J connectivity index is 1.49. The van der Waals surface area contributed by atoms with E-state index in [4.69, 9.17) is 23.8 Å². The number of aliphatic hydroxyl groups is 3. The van der Waals surface area contributed by atoms with Crippen LogP contribution >= 0.6 is 0 Å². The molecule has 2 aromatic carbocycles. The number of fused-ring (bicyclic) bond motifs is 2.